The van der Waals surface area contributed by atoms with E-state index in [0.717, 1.165) is 0 Å². The van der Waals surface area contributed by atoms with E-state index in [4.69, 9.17) is 10.5 Å². The molecule has 1 aromatic carbocycles. The smallest absolute Gasteiger partial charge is 0.239 e. The van der Waals surface area contributed by atoms with E-state index in [1.54, 1.807) is 26.1 Å². The first-order valence-corrected chi connectivity index (χ1v) is 5.39. The van der Waals surface area contributed by atoms with Crippen LogP contribution < -0.4 is 10.5 Å². The van der Waals surface area contributed by atoms with Gasteiger partial charge >= 0.3 is 0 Å². The van der Waals surface area contributed by atoms with Crippen molar-refractivity contribution in [3.63, 3.8) is 0 Å². The predicted octanol–water partition coefficient (Wildman–Crippen LogP) is 1.43. The number of rotatable bonds is 5. The van der Waals surface area contributed by atoms with E-state index in [9.17, 15) is 9.18 Å². The van der Waals surface area contributed by atoms with Crippen LogP contribution in [0, 0.1) is 5.82 Å². The Bertz CT molecular complexity index is 371. The van der Waals surface area contributed by atoms with Gasteiger partial charge in [-0.05, 0) is 31.2 Å². The average Bonchev–Trinajstić information content (AvgIpc) is 2.30. The third kappa shape index (κ3) is 5.33. The number of carbonyl (C=O) groups is 1. The molecule has 0 saturated carbocycles. The third-order valence-corrected chi connectivity index (χ3v) is 2.27. The van der Waals surface area contributed by atoms with Gasteiger partial charge in [0.15, 0.2) is 0 Å². The number of hydrogen-bond acceptors (Lipinski definition) is 3. The average molecular weight is 277 g/mol. The van der Waals surface area contributed by atoms with Crippen LogP contribution in [0.4, 0.5) is 4.39 Å². The molecule has 2 N–H and O–H groups in total. The Hall–Kier alpha value is -1.33. The molecule has 0 spiro atoms. The van der Waals surface area contributed by atoms with E-state index < -0.39 is 6.04 Å². The number of nitrogens with two attached hydrogens (primary N) is 1. The maximum absolute atomic E-state index is 12.6. The van der Waals surface area contributed by atoms with Crippen molar-refractivity contribution in [1.29, 1.82) is 0 Å². The number of likely N-dealkylation sites (N-methyl/N-ethyl adjacent to an activating group) is 1. The number of carbonyl (C=O) groups excluding carboxylic acids is 1. The van der Waals surface area contributed by atoms with Gasteiger partial charge in [-0.25, -0.2) is 4.39 Å². The Labute approximate surface area is 112 Å². The zero-order valence-electron chi connectivity index (χ0n) is 10.4. The maximum Gasteiger partial charge on any atom is 0.239 e. The lowest BCUT2D eigenvalue weighted by Gasteiger charge is -2.19. The minimum Gasteiger partial charge on any atom is -0.492 e. The molecule has 6 heteroatoms. The fraction of sp³-hybridized carbons (Fsp3) is 0.417. The molecule has 0 saturated heterocycles. The normalized spacial score (nSPS) is 11.3. The monoisotopic (exact) mass is 276 g/mol. The lowest BCUT2D eigenvalue weighted by molar-refractivity contribution is -0.131. The van der Waals surface area contributed by atoms with Crippen LogP contribution in [0.2, 0.25) is 0 Å². The van der Waals surface area contributed by atoms with Crippen LogP contribution in [-0.4, -0.2) is 37.0 Å². The first kappa shape index (κ1) is 16.7. The first-order chi connectivity index (χ1) is 8.00. The highest BCUT2D eigenvalue weighted by molar-refractivity contribution is 5.85. The van der Waals surface area contributed by atoms with E-state index in [2.05, 4.69) is 0 Å². The molecule has 102 valence electrons. The zero-order chi connectivity index (χ0) is 12.8. The van der Waals surface area contributed by atoms with Crippen molar-refractivity contribution < 1.29 is 13.9 Å². The van der Waals surface area contributed by atoms with E-state index in [1.807, 2.05) is 0 Å². The zero-order valence-corrected chi connectivity index (χ0v) is 11.2. The lowest BCUT2D eigenvalue weighted by atomic mass is 10.3. The molecular formula is C12H18ClFN2O2. The summed E-state index contributed by atoms with van der Waals surface area (Å²) < 4.78 is 18.0. The van der Waals surface area contributed by atoms with Gasteiger partial charge in [0.25, 0.3) is 0 Å². The summed E-state index contributed by atoms with van der Waals surface area (Å²) in [5, 5.41) is 0. The van der Waals surface area contributed by atoms with Crippen LogP contribution in [0.3, 0.4) is 0 Å². The maximum atomic E-state index is 12.6. The molecule has 1 amide bonds. The second-order valence-corrected chi connectivity index (χ2v) is 3.85. The molecule has 18 heavy (non-hydrogen) atoms. The van der Waals surface area contributed by atoms with Crippen molar-refractivity contribution in [2.45, 2.75) is 13.0 Å². The highest BCUT2D eigenvalue weighted by Crippen LogP contribution is 2.10. The van der Waals surface area contributed by atoms with Crippen LogP contribution in [0.15, 0.2) is 24.3 Å². The van der Waals surface area contributed by atoms with E-state index >= 15 is 0 Å². The standard InChI is InChI=1S/C12H17FN2O2.ClH/c1-9(14)12(16)15(2)7-8-17-11-5-3-10(13)4-6-11;/h3-6,9H,7-8,14H2,1-2H3;1H. The Morgan fingerprint density at radius 3 is 2.50 bits per heavy atom. The summed E-state index contributed by atoms with van der Waals surface area (Å²) in [5.41, 5.74) is 5.46. The molecule has 1 rings (SSSR count). The topological polar surface area (TPSA) is 55.6 Å². The SMILES string of the molecule is CC(N)C(=O)N(C)CCOc1ccc(F)cc1.Cl. The van der Waals surface area contributed by atoms with Gasteiger partial charge in [0.2, 0.25) is 5.91 Å². The van der Waals surface area contributed by atoms with E-state index in [0.29, 0.717) is 18.9 Å². The predicted molar refractivity (Wildman–Crippen MR) is 70.4 cm³/mol. The summed E-state index contributed by atoms with van der Waals surface area (Å²) in [5.74, 6) is 0.141. The Balaban J connectivity index is 0.00000289. The number of ether oxygens (including phenoxy) is 1. The van der Waals surface area contributed by atoms with Crippen LogP contribution in [0.5, 0.6) is 5.75 Å². The summed E-state index contributed by atoms with van der Waals surface area (Å²) in [4.78, 5) is 12.9. The molecule has 0 bridgehead atoms. The van der Waals surface area contributed by atoms with Gasteiger partial charge in [-0.15, -0.1) is 12.4 Å². The van der Waals surface area contributed by atoms with Crippen molar-refractivity contribution in [3.05, 3.63) is 30.1 Å². The Morgan fingerprint density at radius 2 is 2.00 bits per heavy atom. The molecular weight excluding hydrogens is 259 g/mol. The van der Waals surface area contributed by atoms with Crippen molar-refractivity contribution >= 4 is 18.3 Å². The largest absolute Gasteiger partial charge is 0.492 e. The first-order valence-electron chi connectivity index (χ1n) is 5.39. The quantitative estimate of drug-likeness (QED) is 0.885. The second-order valence-electron chi connectivity index (χ2n) is 3.85. The van der Waals surface area contributed by atoms with Crippen LogP contribution in [0.25, 0.3) is 0 Å². The fourth-order valence-electron chi connectivity index (χ4n) is 1.29. The number of amides is 1. The van der Waals surface area contributed by atoms with Crippen molar-refractivity contribution in [2.75, 3.05) is 20.2 Å². The summed E-state index contributed by atoms with van der Waals surface area (Å²) in [6, 6.07) is 5.23. The van der Waals surface area contributed by atoms with Gasteiger partial charge in [0.1, 0.15) is 18.2 Å². The molecule has 0 aliphatic carbocycles. The molecule has 0 aliphatic heterocycles. The van der Waals surface area contributed by atoms with Crippen molar-refractivity contribution in [2.24, 2.45) is 5.73 Å². The molecule has 1 atom stereocenters. The van der Waals surface area contributed by atoms with Gasteiger partial charge in [-0.2, -0.15) is 0 Å². The van der Waals surface area contributed by atoms with Gasteiger partial charge in [0.05, 0.1) is 12.6 Å². The highest BCUT2D eigenvalue weighted by atomic mass is 35.5. The summed E-state index contributed by atoms with van der Waals surface area (Å²) in [6.07, 6.45) is 0. The Morgan fingerprint density at radius 1 is 1.44 bits per heavy atom. The van der Waals surface area contributed by atoms with Crippen LogP contribution in [0.1, 0.15) is 6.92 Å². The summed E-state index contributed by atoms with van der Waals surface area (Å²) >= 11 is 0. The van der Waals surface area contributed by atoms with Crippen LogP contribution >= 0.6 is 12.4 Å². The van der Waals surface area contributed by atoms with Gasteiger partial charge in [0, 0.05) is 7.05 Å². The van der Waals surface area contributed by atoms with Gasteiger partial charge < -0.3 is 15.4 Å². The number of nitrogens with zero attached hydrogens (tertiary/aromatic N) is 1. The van der Waals surface area contributed by atoms with Gasteiger partial charge in [-0.3, -0.25) is 4.79 Å². The summed E-state index contributed by atoms with van der Waals surface area (Å²) in [7, 11) is 1.67. The lowest BCUT2D eigenvalue weighted by Crippen LogP contribution is -2.41. The Kier molecular flexibility index (Phi) is 7.31. The fourth-order valence-corrected chi connectivity index (χ4v) is 1.29. The van der Waals surface area contributed by atoms with Crippen LogP contribution in [-0.2, 0) is 4.79 Å². The molecule has 0 radical (unpaired) electrons. The number of halogens is 2. The minimum atomic E-state index is -0.508. The molecule has 0 aliphatic rings. The van der Waals surface area contributed by atoms with Crippen molar-refractivity contribution in [3.8, 4) is 5.75 Å². The summed E-state index contributed by atoms with van der Waals surface area (Å²) in [6.45, 7) is 2.43. The number of benzene rings is 1. The third-order valence-electron chi connectivity index (χ3n) is 2.27. The molecule has 0 heterocycles. The van der Waals surface area contributed by atoms with E-state index in [-0.39, 0.29) is 24.1 Å². The molecule has 0 fully saturated rings. The highest BCUT2D eigenvalue weighted by Gasteiger charge is 2.12. The van der Waals surface area contributed by atoms with Crippen molar-refractivity contribution in [1.82, 2.24) is 4.90 Å². The van der Waals surface area contributed by atoms with E-state index in [1.165, 1.54) is 17.0 Å². The second kappa shape index (κ2) is 7.89. The molecule has 1 aromatic rings. The minimum absolute atomic E-state index is 0. The molecule has 4 nitrogen and oxygen atoms in total. The molecule has 0 aromatic heterocycles. The number of hydrogen-bond donors (Lipinski definition) is 1. The van der Waals surface area contributed by atoms with Gasteiger partial charge in [-0.1, -0.05) is 0 Å². The molecule has 1 unspecified atom stereocenters.